The number of rotatable bonds is 7. The van der Waals surface area contributed by atoms with Crippen molar-refractivity contribution in [3.63, 3.8) is 0 Å². The summed E-state index contributed by atoms with van der Waals surface area (Å²) in [4.78, 5) is 20.7. The second kappa shape index (κ2) is 8.28. The van der Waals surface area contributed by atoms with Crippen molar-refractivity contribution < 1.29 is 9.21 Å². The van der Waals surface area contributed by atoms with Crippen LogP contribution in [-0.2, 0) is 17.0 Å². The zero-order valence-corrected chi connectivity index (χ0v) is 15.3. The molecule has 2 heterocycles. The van der Waals surface area contributed by atoms with Gasteiger partial charge in [-0.25, -0.2) is 9.97 Å². The lowest BCUT2D eigenvalue weighted by molar-refractivity contribution is -0.117. The van der Waals surface area contributed by atoms with E-state index in [1.165, 1.54) is 11.3 Å². The van der Waals surface area contributed by atoms with E-state index in [1.54, 1.807) is 24.2 Å². The summed E-state index contributed by atoms with van der Waals surface area (Å²) < 4.78 is 6.54. The number of carbonyl (C=O) groups excluding carboxylic acids is 1. The van der Waals surface area contributed by atoms with Gasteiger partial charge in [-0.15, -0.1) is 11.8 Å². The number of hydrogen-bond donors (Lipinski definition) is 2. The standard InChI is InChI=1S/C17H18N4O2S2/c1-2-12-8-19-13(23-12)10-24-14-9-20-17(25-14)21-16(22)15(18)11-6-4-3-5-7-11/h3-9,15H,2,10,18H2,1H3,(H,20,21,22)/t15-/m0/s1. The van der Waals surface area contributed by atoms with Gasteiger partial charge < -0.3 is 15.5 Å². The Balaban J connectivity index is 1.55. The van der Waals surface area contributed by atoms with E-state index < -0.39 is 6.04 Å². The minimum absolute atomic E-state index is 0.280. The highest BCUT2D eigenvalue weighted by Crippen LogP contribution is 2.31. The number of carbonyl (C=O) groups is 1. The van der Waals surface area contributed by atoms with Gasteiger partial charge in [-0.2, -0.15) is 0 Å². The van der Waals surface area contributed by atoms with Crippen LogP contribution in [0.2, 0.25) is 0 Å². The Morgan fingerprint density at radius 3 is 2.84 bits per heavy atom. The van der Waals surface area contributed by atoms with Crippen LogP contribution in [0.1, 0.15) is 30.2 Å². The van der Waals surface area contributed by atoms with E-state index in [2.05, 4.69) is 15.3 Å². The number of benzene rings is 1. The number of amides is 1. The van der Waals surface area contributed by atoms with Gasteiger partial charge in [-0.05, 0) is 5.56 Å². The summed E-state index contributed by atoms with van der Waals surface area (Å²) >= 11 is 2.97. The number of thiazole rings is 1. The number of thioether (sulfide) groups is 1. The van der Waals surface area contributed by atoms with Crippen molar-refractivity contribution in [3.8, 4) is 0 Å². The molecule has 0 saturated heterocycles. The summed E-state index contributed by atoms with van der Waals surface area (Å²) in [5.41, 5.74) is 6.75. The molecule has 0 bridgehead atoms. The van der Waals surface area contributed by atoms with E-state index in [9.17, 15) is 4.79 Å². The molecule has 25 heavy (non-hydrogen) atoms. The van der Waals surface area contributed by atoms with Crippen molar-refractivity contribution in [2.75, 3.05) is 5.32 Å². The Kier molecular flexibility index (Phi) is 5.85. The topological polar surface area (TPSA) is 94.0 Å². The van der Waals surface area contributed by atoms with Crippen molar-refractivity contribution in [2.24, 2.45) is 5.73 Å². The molecule has 1 atom stereocenters. The van der Waals surface area contributed by atoms with Crippen molar-refractivity contribution in [1.29, 1.82) is 0 Å². The molecule has 0 aliphatic rings. The number of anilines is 1. The summed E-state index contributed by atoms with van der Waals surface area (Å²) in [5.74, 6) is 1.91. The van der Waals surface area contributed by atoms with Gasteiger partial charge in [0.15, 0.2) is 5.13 Å². The molecule has 6 nitrogen and oxygen atoms in total. The third-order valence-corrected chi connectivity index (χ3v) is 5.54. The molecule has 0 aliphatic heterocycles. The van der Waals surface area contributed by atoms with Crippen LogP contribution in [0.3, 0.4) is 0 Å². The minimum atomic E-state index is -0.721. The predicted molar refractivity (Wildman–Crippen MR) is 99.6 cm³/mol. The number of oxazole rings is 1. The van der Waals surface area contributed by atoms with Crippen LogP contribution < -0.4 is 11.1 Å². The average molecular weight is 374 g/mol. The fraction of sp³-hybridized carbons (Fsp3) is 0.235. The van der Waals surface area contributed by atoms with E-state index in [1.807, 2.05) is 37.3 Å². The molecule has 0 unspecified atom stereocenters. The molecule has 8 heteroatoms. The number of nitrogens with one attached hydrogen (secondary N) is 1. The summed E-state index contributed by atoms with van der Waals surface area (Å²) in [6, 6.07) is 8.53. The molecule has 3 rings (SSSR count). The third-order valence-electron chi connectivity index (χ3n) is 3.44. The molecule has 1 amide bonds. The lowest BCUT2D eigenvalue weighted by Gasteiger charge is -2.10. The van der Waals surface area contributed by atoms with E-state index >= 15 is 0 Å². The number of nitrogens with two attached hydrogens (primary N) is 1. The van der Waals surface area contributed by atoms with Gasteiger partial charge in [0.1, 0.15) is 11.8 Å². The first-order valence-corrected chi connectivity index (χ1v) is 9.59. The molecule has 0 fully saturated rings. The lowest BCUT2D eigenvalue weighted by atomic mass is 10.1. The highest BCUT2D eigenvalue weighted by Gasteiger charge is 2.17. The number of aryl methyl sites for hydroxylation is 1. The maximum atomic E-state index is 12.2. The Bertz CT molecular complexity index is 832. The molecule has 2 aromatic heterocycles. The Labute approximate surface area is 153 Å². The molecule has 0 spiro atoms. The van der Waals surface area contributed by atoms with Crippen LogP contribution in [0.15, 0.2) is 51.4 Å². The van der Waals surface area contributed by atoms with Gasteiger partial charge in [-0.3, -0.25) is 4.79 Å². The summed E-state index contributed by atoms with van der Waals surface area (Å²) in [6.07, 6.45) is 4.30. The fourth-order valence-electron chi connectivity index (χ4n) is 2.09. The second-order valence-corrected chi connectivity index (χ2v) is 7.53. The molecule has 3 aromatic rings. The average Bonchev–Trinajstić information content (AvgIpc) is 3.29. The Hall–Kier alpha value is -2.16. The number of aromatic nitrogens is 2. The van der Waals surface area contributed by atoms with Crippen LogP contribution in [0, 0.1) is 0 Å². The van der Waals surface area contributed by atoms with Gasteiger partial charge >= 0.3 is 0 Å². The Morgan fingerprint density at radius 1 is 1.32 bits per heavy atom. The molecule has 1 aromatic carbocycles. The van der Waals surface area contributed by atoms with Crippen LogP contribution in [0.4, 0.5) is 5.13 Å². The van der Waals surface area contributed by atoms with Crippen molar-refractivity contribution >= 4 is 34.1 Å². The molecule has 0 saturated carbocycles. The SMILES string of the molecule is CCc1cnc(CSc2cnc(NC(=O)[C@@H](N)c3ccccc3)s2)o1. The summed E-state index contributed by atoms with van der Waals surface area (Å²) in [5, 5.41) is 3.29. The maximum Gasteiger partial charge on any atom is 0.247 e. The van der Waals surface area contributed by atoms with E-state index in [0.717, 1.165) is 22.0 Å². The minimum Gasteiger partial charge on any atom is -0.445 e. The van der Waals surface area contributed by atoms with E-state index in [4.69, 9.17) is 10.2 Å². The highest BCUT2D eigenvalue weighted by molar-refractivity contribution is 8.00. The van der Waals surface area contributed by atoms with Crippen LogP contribution in [-0.4, -0.2) is 15.9 Å². The van der Waals surface area contributed by atoms with Gasteiger partial charge in [0.2, 0.25) is 11.8 Å². The number of nitrogens with zero attached hydrogens (tertiary/aromatic N) is 2. The lowest BCUT2D eigenvalue weighted by Crippen LogP contribution is -2.27. The van der Waals surface area contributed by atoms with Crippen molar-refractivity contribution in [1.82, 2.24) is 9.97 Å². The van der Waals surface area contributed by atoms with Gasteiger partial charge in [0, 0.05) is 6.42 Å². The predicted octanol–water partition coefficient (Wildman–Crippen LogP) is 3.62. The molecular weight excluding hydrogens is 356 g/mol. The first-order valence-electron chi connectivity index (χ1n) is 7.79. The van der Waals surface area contributed by atoms with Gasteiger partial charge in [0.05, 0.1) is 22.4 Å². The monoisotopic (exact) mass is 374 g/mol. The zero-order valence-electron chi connectivity index (χ0n) is 13.6. The first kappa shape index (κ1) is 17.7. The van der Waals surface area contributed by atoms with Gasteiger partial charge in [0.25, 0.3) is 0 Å². The van der Waals surface area contributed by atoms with Crippen molar-refractivity contribution in [3.05, 3.63) is 59.9 Å². The highest BCUT2D eigenvalue weighted by atomic mass is 32.2. The zero-order chi connectivity index (χ0) is 17.6. The smallest absolute Gasteiger partial charge is 0.247 e. The van der Waals surface area contributed by atoms with Crippen LogP contribution >= 0.6 is 23.1 Å². The maximum absolute atomic E-state index is 12.2. The number of hydrogen-bond acceptors (Lipinski definition) is 7. The Morgan fingerprint density at radius 2 is 2.12 bits per heavy atom. The quantitative estimate of drug-likeness (QED) is 0.613. The first-order chi connectivity index (χ1) is 12.2. The largest absolute Gasteiger partial charge is 0.445 e. The molecular formula is C17H18N4O2S2. The molecule has 0 aliphatic carbocycles. The van der Waals surface area contributed by atoms with Crippen molar-refractivity contribution in [2.45, 2.75) is 29.3 Å². The summed E-state index contributed by atoms with van der Waals surface area (Å²) in [6.45, 7) is 2.02. The van der Waals surface area contributed by atoms with Crippen LogP contribution in [0.25, 0.3) is 0 Å². The second-order valence-electron chi connectivity index (χ2n) is 5.22. The van der Waals surface area contributed by atoms with Gasteiger partial charge in [-0.1, -0.05) is 48.6 Å². The van der Waals surface area contributed by atoms with E-state index in [0.29, 0.717) is 16.8 Å². The molecule has 0 radical (unpaired) electrons. The fourth-order valence-corrected chi connectivity index (χ4v) is 3.82. The normalized spacial score (nSPS) is 12.1. The molecule has 3 N–H and O–H groups in total. The van der Waals surface area contributed by atoms with E-state index in [-0.39, 0.29) is 5.91 Å². The summed E-state index contributed by atoms with van der Waals surface area (Å²) in [7, 11) is 0. The molecule has 130 valence electrons. The third kappa shape index (κ3) is 4.68. The van der Waals surface area contributed by atoms with Crippen LogP contribution in [0.5, 0.6) is 0 Å².